The maximum absolute atomic E-state index is 11.3. The Hall–Kier alpha value is -1.00. The van der Waals surface area contributed by atoms with Gasteiger partial charge in [-0.2, -0.15) is 0 Å². The number of hydrogen-bond donors (Lipinski definition) is 1. The van der Waals surface area contributed by atoms with E-state index in [1.54, 1.807) is 23.9 Å². The number of thioether (sulfide) groups is 1. The molecule has 0 spiro atoms. The molecule has 2 aliphatic heterocycles. The van der Waals surface area contributed by atoms with Crippen molar-refractivity contribution in [2.24, 2.45) is 5.92 Å². The number of carbonyl (C=O) groups is 1. The first-order chi connectivity index (χ1) is 10.3. The van der Waals surface area contributed by atoms with E-state index in [-0.39, 0.29) is 0 Å². The smallest absolute Gasteiger partial charge is 0.336 e. The lowest BCUT2D eigenvalue weighted by Crippen LogP contribution is -2.48. The monoisotopic (exact) mass is 305 g/mol. The second-order valence-corrected chi connectivity index (χ2v) is 7.18. The van der Waals surface area contributed by atoms with Crippen LogP contribution in [0, 0.1) is 5.92 Å². The molecule has 2 aliphatic rings. The summed E-state index contributed by atoms with van der Waals surface area (Å²) in [5, 5.41) is 9.27. The number of carboxylic acids is 1. The molecule has 1 aromatic rings. The van der Waals surface area contributed by atoms with Crippen LogP contribution in [0.2, 0.25) is 0 Å². The normalized spacial score (nSPS) is 26.3. The summed E-state index contributed by atoms with van der Waals surface area (Å²) in [6.07, 6.45) is 6.61. The van der Waals surface area contributed by atoms with Gasteiger partial charge in [0.15, 0.2) is 0 Å². The van der Waals surface area contributed by atoms with Crippen LogP contribution in [0.4, 0.5) is 0 Å². The quantitative estimate of drug-likeness (QED) is 0.860. The first kappa shape index (κ1) is 14.9. The van der Waals surface area contributed by atoms with E-state index in [2.05, 4.69) is 4.90 Å². The zero-order chi connectivity index (χ0) is 14.7. The Labute approximate surface area is 130 Å². The molecule has 0 aromatic heterocycles. The first-order valence-electron chi connectivity index (χ1n) is 7.95. The van der Waals surface area contributed by atoms with Crippen LogP contribution in [-0.2, 0) is 0 Å². The molecule has 0 bridgehead atoms. The van der Waals surface area contributed by atoms with E-state index in [1.807, 2.05) is 12.1 Å². The van der Waals surface area contributed by atoms with Crippen LogP contribution in [0.5, 0.6) is 0 Å². The highest BCUT2D eigenvalue weighted by Crippen LogP contribution is 2.35. The molecule has 2 fully saturated rings. The summed E-state index contributed by atoms with van der Waals surface area (Å²) in [6.45, 7) is 2.52. The van der Waals surface area contributed by atoms with Gasteiger partial charge in [-0.1, -0.05) is 18.6 Å². The molecule has 21 heavy (non-hydrogen) atoms. The second-order valence-electron chi connectivity index (χ2n) is 6.11. The predicted molar refractivity (Wildman–Crippen MR) is 86.1 cm³/mol. The SMILES string of the molecule is O=C(O)c1ccccc1SCC1CCCN2CCCCC12. The maximum atomic E-state index is 11.3. The molecule has 2 atom stereocenters. The molecule has 2 unspecified atom stereocenters. The fourth-order valence-electron chi connectivity index (χ4n) is 3.74. The summed E-state index contributed by atoms with van der Waals surface area (Å²) in [7, 11) is 0. The van der Waals surface area contributed by atoms with Crippen LogP contribution in [0.3, 0.4) is 0 Å². The van der Waals surface area contributed by atoms with Crippen molar-refractivity contribution in [1.82, 2.24) is 4.90 Å². The average Bonchev–Trinajstić information content (AvgIpc) is 2.53. The highest BCUT2D eigenvalue weighted by molar-refractivity contribution is 7.99. The minimum absolute atomic E-state index is 0.443. The average molecular weight is 305 g/mol. The molecular weight excluding hydrogens is 282 g/mol. The van der Waals surface area contributed by atoms with Gasteiger partial charge >= 0.3 is 5.97 Å². The molecule has 1 N–H and O–H groups in total. The molecule has 3 nitrogen and oxygen atoms in total. The molecule has 0 radical (unpaired) electrons. The Bertz CT molecular complexity index is 503. The minimum Gasteiger partial charge on any atom is -0.478 e. The van der Waals surface area contributed by atoms with Gasteiger partial charge in [0, 0.05) is 16.7 Å². The number of fused-ring (bicyclic) bond motifs is 1. The number of hydrogen-bond acceptors (Lipinski definition) is 3. The van der Waals surface area contributed by atoms with Gasteiger partial charge < -0.3 is 10.0 Å². The van der Waals surface area contributed by atoms with Crippen LogP contribution in [-0.4, -0.2) is 40.9 Å². The third kappa shape index (κ3) is 3.43. The number of rotatable bonds is 4. The van der Waals surface area contributed by atoms with Gasteiger partial charge in [0.1, 0.15) is 0 Å². The zero-order valence-electron chi connectivity index (χ0n) is 12.3. The largest absolute Gasteiger partial charge is 0.478 e. The van der Waals surface area contributed by atoms with Crippen molar-refractivity contribution < 1.29 is 9.90 Å². The minimum atomic E-state index is -0.818. The molecule has 2 saturated heterocycles. The van der Waals surface area contributed by atoms with Crippen LogP contribution in [0.15, 0.2) is 29.2 Å². The summed E-state index contributed by atoms with van der Waals surface area (Å²) in [5.41, 5.74) is 0.443. The van der Waals surface area contributed by atoms with E-state index in [0.717, 1.165) is 16.7 Å². The molecule has 0 saturated carbocycles. The highest BCUT2D eigenvalue weighted by atomic mass is 32.2. The van der Waals surface area contributed by atoms with Gasteiger partial charge in [0.05, 0.1) is 5.56 Å². The highest BCUT2D eigenvalue weighted by Gasteiger charge is 2.32. The van der Waals surface area contributed by atoms with Crippen LogP contribution >= 0.6 is 11.8 Å². The van der Waals surface area contributed by atoms with Crippen LogP contribution in [0.1, 0.15) is 42.5 Å². The number of piperidine rings is 2. The topological polar surface area (TPSA) is 40.5 Å². The van der Waals surface area contributed by atoms with Crippen molar-refractivity contribution in [3.8, 4) is 0 Å². The summed E-state index contributed by atoms with van der Waals surface area (Å²) in [5.74, 6) is 0.942. The van der Waals surface area contributed by atoms with Crippen LogP contribution in [0.25, 0.3) is 0 Å². The first-order valence-corrected chi connectivity index (χ1v) is 8.93. The summed E-state index contributed by atoms with van der Waals surface area (Å²) >= 11 is 1.73. The molecule has 0 aliphatic carbocycles. The van der Waals surface area contributed by atoms with Gasteiger partial charge in [-0.3, -0.25) is 0 Å². The fraction of sp³-hybridized carbons (Fsp3) is 0.588. The van der Waals surface area contributed by atoms with Crippen molar-refractivity contribution in [3.05, 3.63) is 29.8 Å². The number of nitrogens with zero attached hydrogens (tertiary/aromatic N) is 1. The Morgan fingerprint density at radius 1 is 1.19 bits per heavy atom. The number of carboxylic acid groups (broad SMARTS) is 1. The number of benzene rings is 1. The van der Waals surface area contributed by atoms with Crippen LogP contribution < -0.4 is 0 Å². The maximum Gasteiger partial charge on any atom is 0.336 e. The van der Waals surface area contributed by atoms with Crippen molar-refractivity contribution in [3.63, 3.8) is 0 Å². The molecule has 3 rings (SSSR count). The Morgan fingerprint density at radius 3 is 2.86 bits per heavy atom. The van der Waals surface area contributed by atoms with E-state index in [1.165, 1.54) is 45.2 Å². The third-order valence-corrected chi connectivity index (χ3v) is 6.06. The lowest BCUT2D eigenvalue weighted by Gasteiger charge is -2.44. The van der Waals surface area contributed by atoms with E-state index in [4.69, 9.17) is 0 Å². The van der Waals surface area contributed by atoms with Gasteiger partial charge in [0.2, 0.25) is 0 Å². The van der Waals surface area contributed by atoms with E-state index in [9.17, 15) is 9.90 Å². The van der Waals surface area contributed by atoms with Gasteiger partial charge in [-0.15, -0.1) is 11.8 Å². The molecule has 4 heteroatoms. The molecule has 2 heterocycles. The standard InChI is InChI=1S/C17H23NO2S/c19-17(20)14-7-1-2-9-16(14)21-12-13-6-5-11-18-10-4-3-8-15(13)18/h1-2,7,9,13,15H,3-6,8,10-12H2,(H,19,20). The summed E-state index contributed by atoms with van der Waals surface area (Å²) in [6, 6.07) is 8.12. The van der Waals surface area contributed by atoms with Crippen molar-refractivity contribution in [2.75, 3.05) is 18.8 Å². The van der Waals surface area contributed by atoms with E-state index in [0.29, 0.717) is 11.5 Å². The second kappa shape index (κ2) is 6.84. The Balaban J connectivity index is 1.65. The molecule has 1 aromatic carbocycles. The molecule has 0 amide bonds. The Kier molecular flexibility index (Phi) is 4.86. The van der Waals surface area contributed by atoms with E-state index < -0.39 is 5.97 Å². The van der Waals surface area contributed by atoms with Crippen molar-refractivity contribution in [1.29, 1.82) is 0 Å². The number of aromatic carboxylic acids is 1. The lowest BCUT2D eigenvalue weighted by atomic mass is 9.85. The van der Waals surface area contributed by atoms with Gasteiger partial charge in [0.25, 0.3) is 0 Å². The van der Waals surface area contributed by atoms with E-state index >= 15 is 0 Å². The summed E-state index contributed by atoms with van der Waals surface area (Å²) < 4.78 is 0. The Morgan fingerprint density at radius 2 is 2.00 bits per heavy atom. The molecule has 114 valence electrons. The fourth-order valence-corrected chi connectivity index (χ4v) is 5.01. The molecular formula is C17H23NO2S. The lowest BCUT2D eigenvalue weighted by molar-refractivity contribution is 0.0689. The zero-order valence-corrected chi connectivity index (χ0v) is 13.1. The van der Waals surface area contributed by atoms with Gasteiger partial charge in [-0.25, -0.2) is 4.79 Å². The van der Waals surface area contributed by atoms with Gasteiger partial charge in [-0.05, 0) is 56.8 Å². The predicted octanol–water partition coefficient (Wildman–Crippen LogP) is 3.74. The van der Waals surface area contributed by atoms with Crippen molar-refractivity contribution in [2.45, 2.75) is 43.0 Å². The third-order valence-electron chi connectivity index (χ3n) is 4.80. The van der Waals surface area contributed by atoms with Crippen molar-refractivity contribution >= 4 is 17.7 Å². The summed E-state index contributed by atoms with van der Waals surface area (Å²) in [4.78, 5) is 14.9.